The number of likely N-dealkylation sites (tertiary alicyclic amines) is 1. The van der Waals surface area contributed by atoms with Crippen molar-refractivity contribution in [2.24, 2.45) is 11.8 Å². The van der Waals surface area contributed by atoms with Crippen molar-refractivity contribution in [3.63, 3.8) is 0 Å². The molecule has 2 saturated carbocycles. The average molecular weight is 335 g/mol. The average Bonchev–Trinajstić information content (AvgIpc) is 2.71. The summed E-state index contributed by atoms with van der Waals surface area (Å²) < 4.78 is 26.5. The maximum atomic E-state index is 13.4. The fraction of sp³-hybridized carbons (Fsp3) is 0.632. The molecule has 1 saturated heterocycles. The van der Waals surface area contributed by atoms with Crippen LogP contribution in [0.25, 0.3) is 0 Å². The number of nitrogens with zero attached hydrogens (tertiary/aromatic N) is 1. The van der Waals surface area contributed by atoms with Crippen LogP contribution in [-0.4, -0.2) is 41.3 Å². The van der Waals surface area contributed by atoms with Gasteiger partial charge in [-0.3, -0.25) is 4.79 Å². The highest BCUT2D eigenvalue weighted by molar-refractivity contribution is 5.79. The van der Waals surface area contributed by atoms with E-state index >= 15 is 0 Å². The molecule has 2 atom stereocenters. The van der Waals surface area contributed by atoms with Crippen LogP contribution < -0.4 is 0 Å². The number of aliphatic hydroxyl groups excluding tert-OH is 1. The van der Waals surface area contributed by atoms with Gasteiger partial charge in [0.15, 0.2) is 0 Å². The van der Waals surface area contributed by atoms with Crippen LogP contribution >= 0.6 is 0 Å². The molecule has 4 rings (SSSR count). The van der Waals surface area contributed by atoms with Crippen LogP contribution in [0.5, 0.6) is 0 Å². The summed E-state index contributed by atoms with van der Waals surface area (Å²) in [6, 6.07) is 6.49. The van der Waals surface area contributed by atoms with Crippen molar-refractivity contribution in [1.82, 2.24) is 4.90 Å². The highest BCUT2D eigenvalue weighted by Crippen LogP contribution is 2.58. The Morgan fingerprint density at radius 1 is 1.17 bits per heavy atom. The predicted molar refractivity (Wildman–Crippen MR) is 85.6 cm³/mol. The minimum Gasteiger partial charge on any atom is -0.393 e. The number of rotatable bonds is 3. The third-order valence-corrected chi connectivity index (χ3v) is 6.45. The minimum atomic E-state index is -0.902. The number of fused-ring (bicyclic) bond motifs is 2. The van der Waals surface area contributed by atoms with Crippen molar-refractivity contribution < 1.29 is 18.7 Å². The molecule has 1 aliphatic heterocycles. The van der Waals surface area contributed by atoms with E-state index in [1.807, 2.05) is 0 Å². The van der Waals surface area contributed by atoms with Gasteiger partial charge in [-0.05, 0) is 55.2 Å². The van der Waals surface area contributed by atoms with Crippen LogP contribution in [0.1, 0.15) is 37.7 Å². The largest absolute Gasteiger partial charge is 0.393 e. The number of hydrogen-bond donors (Lipinski definition) is 1. The molecule has 2 aliphatic carbocycles. The number of carbonyl (C=O) groups excluding carboxylic acids is 1. The molecule has 1 N–H and O–H groups in total. The Hall–Kier alpha value is -1.49. The number of amides is 1. The molecule has 1 aromatic rings. The quantitative estimate of drug-likeness (QED) is 0.923. The van der Waals surface area contributed by atoms with Gasteiger partial charge in [0.2, 0.25) is 5.91 Å². The number of alkyl halides is 1. The fourth-order valence-corrected chi connectivity index (χ4v) is 5.27. The molecule has 2 bridgehead atoms. The molecule has 0 spiro atoms. The molecular formula is C19H23F2NO2. The molecular weight excluding hydrogens is 312 g/mol. The molecule has 3 fully saturated rings. The maximum Gasteiger partial charge on any atom is 0.223 e. The van der Waals surface area contributed by atoms with Crippen molar-refractivity contribution in [3.05, 3.63) is 35.6 Å². The van der Waals surface area contributed by atoms with Crippen molar-refractivity contribution in [2.75, 3.05) is 13.1 Å². The zero-order valence-corrected chi connectivity index (χ0v) is 13.6. The van der Waals surface area contributed by atoms with Crippen LogP contribution in [0.4, 0.5) is 8.78 Å². The standard InChI is InChI=1S/C19H23F2NO2/c20-15-5-3-12(4-6-15)19(9-18(24)22-10-16(21)11-22)13-1-2-14(19)8-17(23)7-13/h3-6,13-14,16-17,23H,1-2,7-11H2. The number of carbonyl (C=O) groups is 1. The lowest BCUT2D eigenvalue weighted by Crippen LogP contribution is -2.55. The van der Waals surface area contributed by atoms with E-state index in [2.05, 4.69) is 0 Å². The SMILES string of the molecule is O=C(CC1(c2ccc(F)cc2)C2CCC1CC(O)C2)N1CC(F)C1. The lowest BCUT2D eigenvalue weighted by molar-refractivity contribution is -0.141. The number of hydrogen-bond acceptors (Lipinski definition) is 2. The van der Waals surface area contributed by atoms with Gasteiger partial charge in [0.1, 0.15) is 12.0 Å². The van der Waals surface area contributed by atoms with Gasteiger partial charge in [0.05, 0.1) is 19.2 Å². The third-order valence-electron chi connectivity index (χ3n) is 6.45. The first kappa shape index (κ1) is 16.0. The predicted octanol–water partition coefficient (Wildman–Crippen LogP) is 2.81. The molecule has 130 valence electrons. The maximum absolute atomic E-state index is 13.4. The lowest BCUT2D eigenvalue weighted by atomic mass is 9.59. The summed E-state index contributed by atoms with van der Waals surface area (Å²) in [6.07, 6.45) is 2.47. The summed E-state index contributed by atoms with van der Waals surface area (Å²) in [5, 5.41) is 10.1. The normalized spacial score (nSPS) is 35.8. The van der Waals surface area contributed by atoms with Gasteiger partial charge < -0.3 is 10.0 Å². The topological polar surface area (TPSA) is 40.5 Å². The second-order valence-electron chi connectivity index (χ2n) is 7.72. The first-order valence-corrected chi connectivity index (χ1v) is 8.85. The summed E-state index contributed by atoms with van der Waals surface area (Å²) in [6.45, 7) is 0.382. The van der Waals surface area contributed by atoms with E-state index in [1.54, 1.807) is 17.0 Å². The van der Waals surface area contributed by atoms with E-state index in [-0.39, 0.29) is 48.2 Å². The molecule has 0 radical (unpaired) electrons. The summed E-state index contributed by atoms with van der Waals surface area (Å²) in [7, 11) is 0. The van der Waals surface area contributed by atoms with Gasteiger partial charge >= 0.3 is 0 Å². The smallest absolute Gasteiger partial charge is 0.223 e. The van der Waals surface area contributed by atoms with Crippen LogP contribution in [-0.2, 0) is 10.2 Å². The van der Waals surface area contributed by atoms with Crippen molar-refractivity contribution >= 4 is 5.91 Å². The summed E-state index contributed by atoms with van der Waals surface area (Å²) in [5.74, 6) is 0.152. The molecule has 3 nitrogen and oxygen atoms in total. The Balaban J connectivity index is 1.68. The van der Waals surface area contributed by atoms with E-state index in [4.69, 9.17) is 0 Å². The summed E-state index contributed by atoms with van der Waals surface area (Å²) in [5.41, 5.74) is 0.653. The van der Waals surface area contributed by atoms with Crippen molar-refractivity contribution in [2.45, 2.75) is 49.8 Å². The molecule has 1 heterocycles. The zero-order valence-electron chi connectivity index (χ0n) is 13.6. The highest BCUT2D eigenvalue weighted by atomic mass is 19.1. The Kier molecular flexibility index (Phi) is 3.87. The van der Waals surface area contributed by atoms with E-state index < -0.39 is 6.17 Å². The monoisotopic (exact) mass is 335 g/mol. The minimum absolute atomic E-state index is 0.0125. The number of benzene rings is 1. The van der Waals surface area contributed by atoms with E-state index in [1.165, 1.54) is 12.1 Å². The van der Waals surface area contributed by atoms with Gasteiger partial charge in [0, 0.05) is 11.8 Å². The first-order valence-electron chi connectivity index (χ1n) is 8.85. The molecule has 2 unspecified atom stereocenters. The fourth-order valence-electron chi connectivity index (χ4n) is 5.27. The van der Waals surface area contributed by atoms with Gasteiger partial charge in [-0.25, -0.2) is 8.78 Å². The van der Waals surface area contributed by atoms with Gasteiger partial charge in [-0.1, -0.05) is 12.1 Å². The zero-order chi connectivity index (χ0) is 16.9. The van der Waals surface area contributed by atoms with Crippen LogP contribution in [0.3, 0.4) is 0 Å². The first-order chi connectivity index (χ1) is 11.5. The van der Waals surface area contributed by atoms with E-state index in [9.17, 15) is 18.7 Å². The van der Waals surface area contributed by atoms with E-state index in [0.29, 0.717) is 19.3 Å². The number of halogens is 2. The van der Waals surface area contributed by atoms with Gasteiger partial charge in [-0.2, -0.15) is 0 Å². The van der Waals surface area contributed by atoms with Crippen molar-refractivity contribution in [1.29, 1.82) is 0 Å². The Bertz CT molecular complexity index is 613. The highest BCUT2D eigenvalue weighted by Gasteiger charge is 2.56. The molecule has 5 heteroatoms. The Labute approximate surface area is 140 Å². The van der Waals surface area contributed by atoms with Crippen LogP contribution in [0.15, 0.2) is 24.3 Å². The van der Waals surface area contributed by atoms with Crippen LogP contribution in [0, 0.1) is 17.7 Å². The summed E-state index contributed by atoms with van der Waals surface area (Å²) >= 11 is 0. The number of aliphatic hydroxyl groups is 1. The second kappa shape index (κ2) is 5.80. The van der Waals surface area contributed by atoms with E-state index in [0.717, 1.165) is 18.4 Å². The summed E-state index contributed by atoms with van der Waals surface area (Å²) in [4.78, 5) is 14.3. The van der Waals surface area contributed by atoms with Crippen LogP contribution in [0.2, 0.25) is 0 Å². The molecule has 1 aromatic carbocycles. The third kappa shape index (κ3) is 2.44. The van der Waals surface area contributed by atoms with Gasteiger partial charge in [0.25, 0.3) is 0 Å². The second-order valence-corrected chi connectivity index (χ2v) is 7.72. The molecule has 1 amide bonds. The molecule has 0 aromatic heterocycles. The molecule has 3 aliphatic rings. The molecule has 24 heavy (non-hydrogen) atoms. The van der Waals surface area contributed by atoms with Crippen molar-refractivity contribution in [3.8, 4) is 0 Å². The van der Waals surface area contributed by atoms with Gasteiger partial charge in [-0.15, -0.1) is 0 Å². The Morgan fingerprint density at radius 3 is 2.29 bits per heavy atom. The Morgan fingerprint density at radius 2 is 1.75 bits per heavy atom. The lowest BCUT2D eigenvalue weighted by Gasteiger charge is -2.47.